The highest BCUT2D eigenvalue weighted by Crippen LogP contribution is 2.34. The molecular weight excluding hydrogens is 274 g/mol. The molecule has 1 aliphatic rings. The SMILES string of the molecule is Nc1ccc2c(c1)CCCC2Nc1ncnc2cccnc12. The molecule has 0 spiro atoms. The van der Waals surface area contributed by atoms with E-state index in [0.29, 0.717) is 0 Å². The first-order valence-corrected chi connectivity index (χ1v) is 7.52. The molecule has 3 aromatic rings. The zero-order chi connectivity index (χ0) is 14.9. The minimum Gasteiger partial charge on any atom is -0.399 e. The van der Waals surface area contributed by atoms with E-state index >= 15 is 0 Å². The number of pyridine rings is 1. The number of fused-ring (bicyclic) bond motifs is 2. The second-order valence-electron chi connectivity index (χ2n) is 5.64. The van der Waals surface area contributed by atoms with Crippen LogP contribution in [0.3, 0.4) is 0 Å². The normalized spacial score (nSPS) is 17.2. The molecule has 0 amide bonds. The number of nitrogens with two attached hydrogens (primary N) is 1. The first-order chi connectivity index (χ1) is 10.8. The monoisotopic (exact) mass is 291 g/mol. The quantitative estimate of drug-likeness (QED) is 0.709. The highest BCUT2D eigenvalue weighted by molar-refractivity contribution is 5.84. The highest BCUT2D eigenvalue weighted by Gasteiger charge is 2.21. The van der Waals surface area contributed by atoms with Crippen LogP contribution >= 0.6 is 0 Å². The number of aromatic nitrogens is 3. The predicted molar refractivity (Wildman–Crippen MR) is 87.5 cm³/mol. The van der Waals surface area contributed by atoms with Crippen molar-refractivity contribution >= 4 is 22.5 Å². The van der Waals surface area contributed by atoms with Crippen LogP contribution in [0, 0.1) is 0 Å². The molecule has 0 saturated carbocycles. The second kappa shape index (κ2) is 5.26. The maximum absolute atomic E-state index is 5.90. The Bertz CT molecular complexity index is 825. The van der Waals surface area contributed by atoms with Crippen molar-refractivity contribution in [2.45, 2.75) is 25.3 Å². The summed E-state index contributed by atoms with van der Waals surface area (Å²) in [5, 5.41) is 3.55. The van der Waals surface area contributed by atoms with Crippen molar-refractivity contribution in [1.29, 1.82) is 0 Å². The van der Waals surface area contributed by atoms with E-state index in [0.717, 1.165) is 41.8 Å². The lowest BCUT2D eigenvalue weighted by Gasteiger charge is -2.27. The molecule has 1 atom stereocenters. The van der Waals surface area contributed by atoms with Gasteiger partial charge < -0.3 is 11.1 Å². The number of nitrogens with zero attached hydrogens (tertiary/aromatic N) is 3. The second-order valence-corrected chi connectivity index (χ2v) is 5.64. The molecule has 4 rings (SSSR count). The van der Waals surface area contributed by atoms with Gasteiger partial charge >= 0.3 is 0 Å². The van der Waals surface area contributed by atoms with Gasteiger partial charge in [0.2, 0.25) is 0 Å². The fourth-order valence-electron chi connectivity index (χ4n) is 3.15. The van der Waals surface area contributed by atoms with Crippen molar-refractivity contribution in [1.82, 2.24) is 15.0 Å². The number of hydrogen-bond donors (Lipinski definition) is 2. The lowest BCUT2D eigenvalue weighted by Crippen LogP contribution is -2.18. The van der Waals surface area contributed by atoms with Crippen LogP contribution in [0.4, 0.5) is 11.5 Å². The third-order valence-corrected chi connectivity index (χ3v) is 4.19. The molecule has 5 nitrogen and oxygen atoms in total. The Kier molecular flexibility index (Phi) is 3.11. The van der Waals surface area contributed by atoms with Gasteiger partial charge in [0.05, 0.1) is 11.6 Å². The van der Waals surface area contributed by atoms with E-state index in [4.69, 9.17) is 5.73 Å². The van der Waals surface area contributed by atoms with Crippen molar-refractivity contribution in [2.24, 2.45) is 0 Å². The van der Waals surface area contributed by atoms with Gasteiger partial charge in [0.1, 0.15) is 11.8 Å². The van der Waals surface area contributed by atoms with E-state index in [1.807, 2.05) is 18.2 Å². The Hall–Kier alpha value is -2.69. The molecule has 0 radical (unpaired) electrons. The van der Waals surface area contributed by atoms with Gasteiger partial charge in [-0.05, 0) is 54.7 Å². The van der Waals surface area contributed by atoms with Gasteiger partial charge in [0, 0.05) is 11.9 Å². The number of nitrogens with one attached hydrogen (secondary N) is 1. The fourth-order valence-corrected chi connectivity index (χ4v) is 3.15. The van der Waals surface area contributed by atoms with Crippen molar-refractivity contribution in [3.05, 3.63) is 54.0 Å². The predicted octanol–water partition coefficient (Wildman–Crippen LogP) is 3.10. The molecule has 0 saturated heterocycles. The number of nitrogen functional groups attached to an aromatic ring is 1. The molecule has 1 aromatic carbocycles. The molecule has 2 aromatic heterocycles. The van der Waals surface area contributed by atoms with Gasteiger partial charge in [-0.2, -0.15) is 0 Å². The average molecular weight is 291 g/mol. The van der Waals surface area contributed by atoms with Crippen LogP contribution in [0.2, 0.25) is 0 Å². The Morgan fingerprint density at radius 1 is 1.14 bits per heavy atom. The summed E-state index contributed by atoms with van der Waals surface area (Å²) >= 11 is 0. The maximum atomic E-state index is 5.90. The van der Waals surface area contributed by atoms with Crippen LogP contribution in [0.15, 0.2) is 42.9 Å². The first-order valence-electron chi connectivity index (χ1n) is 7.52. The lowest BCUT2D eigenvalue weighted by atomic mass is 9.87. The van der Waals surface area contributed by atoms with Crippen LogP contribution in [-0.2, 0) is 6.42 Å². The standard InChI is InChI=1S/C17H17N5/c18-12-6-7-13-11(9-12)3-1-4-14(13)22-17-16-15(20-10-21-17)5-2-8-19-16/h2,5-10,14H,1,3-4,18H2,(H,20,21,22). The van der Waals surface area contributed by atoms with Gasteiger partial charge in [0.25, 0.3) is 0 Å². The number of rotatable bonds is 2. The Morgan fingerprint density at radius 3 is 3.05 bits per heavy atom. The topological polar surface area (TPSA) is 76.7 Å². The van der Waals surface area contributed by atoms with Gasteiger partial charge in [-0.1, -0.05) is 6.07 Å². The Balaban J connectivity index is 1.72. The summed E-state index contributed by atoms with van der Waals surface area (Å²) in [5.41, 5.74) is 11.0. The van der Waals surface area contributed by atoms with Crippen molar-refractivity contribution in [3.63, 3.8) is 0 Å². The number of hydrogen-bond acceptors (Lipinski definition) is 5. The van der Waals surface area contributed by atoms with Gasteiger partial charge in [-0.15, -0.1) is 0 Å². The smallest absolute Gasteiger partial charge is 0.156 e. The summed E-state index contributed by atoms with van der Waals surface area (Å²) in [6.45, 7) is 0. The zero-order valence-corrected chi connectivity index (χ0v) is 12.2. The highest BCUT2D eigenvalue weighted by atomic mass is 15.1. The van der Waals surface area contributed by atoms with Crippen molar-refractivity contribution in [3.8, 4) is 0 Å². The summed E-state index contributed by atoms with van der Waals surface area (Å²) < 4.78 is 0. The van der Waals surface area contributed by atoms with Gasteiger partial charge in [-0.3, -0.25) is 4.98 Å². The summed E-state index contributed by atoms with van der Waals surface area (Å²) in [7, 11) is 0. The number of aryl methyl sites for hydroxylation is 1. The molecule has 0 aliphatic heterocycles. The summed E-state index contributed by atoms with van der Waals surface area (Å²) in [4.78, 5) is 13.1. The molecule has 1 unspecified atom stereocenters. The van der Waals surface area contributed by atoms with Gasteiger partial charge in [0.15, 0.2) is 5.82 Å². The Morgan fingerprint density at radius 2 is 2.09 bits per heavy atom. The molecular formula is C17H17N5. The van der Waals surface area contributed by atoms with Crippen LogP contribution in [0.1, 0.15) is 30.0 Å². The molecule has 3 N–H and O–H groups in total. The first kappa shape index (κ1) is 13.0. The molecule has 22 heavy (non-hydrogen) atoms. The molecule has 2 heterocycles. The van der Waals surface area contributed by atoms with Crippen molar-refractivity contribution in [2.75, 3.05) is 11.1 Å². The van der Waals surface area contributed by atoms with Crippen molar-refractivity contribution < 1.29 is 0 Å². The van der Waals surface area contributed by atoms with Crippen LogP contribution < -0.4 is 11.1 Å². The number of anilines is 2. The fraction of sp³-hybridized carbons (Fsp3) is 0.235. The third kappa shape index (κ3) is 2.24. The summed E-state index contributed by atoms with van der Waals surface area (Å²) in [6.07, 6.45) is 6.66. The minimum atomic E-state index is 0.240. The third-order valence-electron chi connectivity index (χ3n) is 4.19. The molecule has 110 valence electrons. The van der Waals surface area contributed by atoms with E-state index in [-0.39, 0.29) is 6.04 Å². The lowest BCUT2D eigenvalue weighted by molar-refractivity contribution is 0.599. The van der Waals surface area contributed by atoms with Gasteiger partial charge in [-0.25, -0.2) is 9.97 Å². The van der Waals surface area contributed by atoms with E-state index in [9.17, 15) is 0 Å². The Labute approximate surface area is 128 Å². The van der Waals surface area contributed by atoms with E-state index in [2.05, 4.69) is 32.4 Å². The van der Waals surface area contributed by atoms with Crippen LogP contribution in [-0.4, -0.2) is 15.0 Å². The van der Waals surface area contributed by atoms with E-state index in [1.165, 1.54) is 11.1 Å². The van der Waals surface area contributed by atoms with E-state index < -0.39 is 0 Å². The summed E-state index contributed by atoms with van der Waals surface area (Å²) in [6, 6.07) is 10.2. The van der Waals surface area contributed by atoms with E-state index in [1.54, 1.807) is 12.5 Å². The van der Waals surface area contributed by atoms with Crippen LogP contribution in [0.5, 0.6) is 0 Å². The number of benzene rings is 1. The minimum absolute atomic E-state index is 0.240. The average Bonchev–Trinajstić information content (AvgIpc) is 2.55. The molecule has 0 bridgehead atoms. The largest absolute Gasteiger partial charge is 0.399 e. The summed E-state index contributed by atoms with van der Waals surface area (Å²) in [5.74, 6) is 0.792. The zero-order valence-electron chi connectivity index (χ0n) is 12.2. The van der Waals surface area contributed by atoms with Crippen LogP contribution in [0.25, 0.3) is 11.0 Å². The maximum Gasteiger partial charge on any atom is 0.156 e. The molecule has 5 heteroatoms. The molecule has 0 fully saturated rings. The molecule has 1 aliphatic carbocycles.